The fraction of sp³-hybridized carbons (Fsp3) is 1.00. The summed E-state index contributed by atoms with van der Waals surface area (Å²) < 4.78 is -1.33. The molecule has 0 aliphatic rings. The van der Waals surface area contributed by atoms with Crippen LogP contribution in [0.15, 0.2) is 0 Å². The zero-order valence-electron chi connectivity index (χ0n) is 29.3. The minimum Gasteiger partial charge on any atom is -0.126 e. The Kier molecular flexibility index (Phi) is 42.8. The van der Waals surface area contributed by atoms with Gasteiger partial charge in [0, 0.05) is 0 Å². The van der Waals surface area contributed by atoms with Gasteiger partial charge in [-0.05, 0) is 12.1 Å². The van der Waals surface area contributed by atoms with Gasteiger partial charge in [0.05, 0.1) is 0 Å². The third kappa shape index (κ3) is 51.6. The quantitative estimate of drug-likeness (QED) is 0.0343. The second-order valence-electron chi connectivity index (χ2n) is 13.3. The van der Waals surface area contributed by atoms with E-state index in [-0.39, 0.29) is 0 Å². The van der Waals surface area contributed by atoms with Gasteiger partial charge in [-0.2, -0.15) is 0 Å². The summed E-state index contributed by atoms with van der Waals surface area (Å²) in [5.41, 5.74) is 0. The van der Waals surface area contributed by atoms with Crippen LogP contribution in [0.4, 0.5) is 0 Å². The van der Waals surface area contributed by atoms with E-state index < -0.39 is 9.93 Å². The SMILES string of the molecule is CCCCCCCCCCCCCCCCCC[Si](Br)(Br)Br.CCCCCCCCCCCCCCCCCC[Si](Cl)(Cl)Cl. The van der Waals surface area contributed by atoms with Crippen molar-refractivity contribution in [1.29, 1.82) is 0 Å². The Bertz CT molecular complexity index is 486. The van der Waals surface area contributed by atoms with Crippen LogP contribution in [0.1, 0.15) is 219 Å². The molecule has 44 heavy (non-hydrogen) atoms. The molecule has 8 heteroatoms. The molecule has 0 aromatic heterocycles. The Morgan fingerprint density at radius 3 is 0.659 bits per heavy atom. The van der Waals surface area contributed by atoms with E-state index >= 15 is 0 Å². The van der Waals surface area contributed by atoms with Gasteiger partial charge in [-0.1, -0.05) is 265 Å². The molecule has 0 fully saturated rings. The van der Waals surface area contributed by atoms with Crippen LogP contribution in [0.5, 0.6) is 0 Å². The maximum Gasteiger partial charge on any atom is 0.341 e. The van der Waals surface area contributed by atoms with Crippen molar-refractivity contribution in [3.8, 4) is 0 Å². The van der Waals surface area contributed by atoms with Gasteiger partial charge in [0.2, 0.25) is 0 Å². The zero-order chi connectivity index (χ0) is 33.0. The maximum absolute atomic E-state index is 5.87. The first-order valence-corrected chi connectivity index (χ1v) is 33.5. The van der Waals surface area contributed by atoms with E-state index in [1.165, 1.54) is 205 Å². The van der Waals surface area contributed by atoms with E-state index in [2.05, 4.69) is 59.7 Å². The second-order valence-corrected chi connectivity index (χ2v) is 46.1. The first-order chi connectivity index (χ1) is 21.1. The summed E-state index contributed by atoms with van der Waals surface area (Å²) in [6.07, 6.45) is 45.3. The van der Waals surface area contributed by atoms with Crippen LogP contribution in [0.2, 0.25) is 12.1 Å². The summed E-state index contributed by atoms with van der Waals surface area (Å²) in [5, 5.41) is 0. The molecule has 0 aromatic carbocycles. The summed E-state index contributed by atoms with van der Waals surface area (Å²) in [6.45, 7) is 4.58. The molecular weight excluding hydrogens is 835 g/mol. The first kappa shape index (κ1) is 48.9. The van der Waals surface area contributed by atoms with Crippen LogP contribution < -0.4 is 0 Å². The second kappa shape index (κ2) is 38.5. The van der Waals surface area contributed by atoms with Crippen molar-refractivity contribution in [3.63, 3.8) is 0 Å². The lowest BCUT2D eigenvalue weighted by Crippen LogP contribution is -2.07. The molecule has 0 saturated heterocycles. The highest BCUT2D eigenvalue weighted by molar-refractivity contribution is 9.72. The molecular formula is C36H74Br3Cl3Si2. The summed E-state index contributed by atoms with van der Waals surface area (Å²) in [5.74, 6) is 0. The molecule has 0 saturated carbocycles. The van der Waals surface area contributed by atoms with E-state index in [1.54, 1.807) is 0 Å². The largest absolute Gasteiger partial charge is 0.341 e. The van der Waals surface area contributed by atoms with E-state index in [1.807, 2.05) is 0 Å². The van der Waals surface area contributed by atoms with Crippen molar-refractivity contribution >= 4 is 89.0 Å². The number of halogens is 6. The molecule has 0 aliphatic carbocycles. The average Bonchev–Trinajstić information content (AvgIpc) is 2.96. The Hall–Kier alpha value is 2.74. The monoisotopic (exact) mass is 904 g/mol. The van der Waals surface area contributed by atoms with E-state index in [4.69, 9.17) is 33.2 Å². The molecule has 0 rings (SSSR count). The lowest BCUT2D eigenvalue weighted by atomic mass is 10.0. The van der Waals surface area contributed by atoms with E-state index in [9.17, 15) is 0 Å². The zero-order valence-corrected chi connectivity index (χ0v) is 38.3. The standard InChI is InChI=1S/C18H37Br3Si.C18H37Cl3Si/c2*1-2-3-4-5-6-7-8-9-10-11-12-13-14-15-16-17-18-22(19,20)21/h2*2-18H2,1H3. The third-order valence-electron chi connectivity index (χ3n) is 8.63. The third-order valence-corrected chi connectivity index (χ3v) is 15.7. The maximum atomic E-state index is 5.87. The number of hydrogen-bond acceptors (Lipinski definition) is 0. The molecule has 0 amide bonds. The van der Waals surface area contributed by atoms with Crippen molar-refractivity contribution in [2.24, 2.45) is 0 Å². The Morgan fingerprint density at radius 2 is 0.477 bits per heavy atom. The Balaban J connectivity index is 0. The molecule has 0 heterocycles. The molecule has 0 aromatic rings. The average molecular weight is 909 g/mol. The van der Waals surface area contributed by atoms with Crippen LogP contribution in [-0.4, -0.2) is 9.93 Å². The summed E-state index contributed by atoms with van der Waals surface area (Å²) in [4.78, 5) is 0. The van der Waals surface area contributed by atoms with Crippen LogP contribution in [0.3, 0.4) is 0 Å². The molecule has 0 aliphatic heterocycles. The van der Waals surface area contributed by atoms with Gasteiger partial charge in [-0.3, -0.25) is 0 Å². The molecule has 0 atom stereocenters. The fourth-order valence-corrected chi connectivity index (χ4v) is 10.8. The summed E-state index contributed by atoms with van der Waals surface area (Å²) >= 11 is 28.7. The molecule has 0 bridgehead atoms. The van der Waals surface area contributed by atoms with Crippen LogP contribution in [0, 0.1) is 0 Å². The van der Waals surface area contributed by atoms with Crippen molar-refractivity contribution in [2.75, 3.05) is 0 Å². The molecule has 268 valence electrons. The van der Waals surface area contributed by atoms with Crippen molar-refractivity contribution < 1.29 is 0 Å². The van der Waals surface area contributed by atoms with Gasteiger partial charge in [-0.25, -0.2) is 0 Å². The predicted molar refractivity (Wildman–Crippen MR) is 225 cm³/mol. The lowest BCUT2D eigenvalue weighted by molar-refractivity contribution is 0.531. The molecule has 0 unspecified atom stereocenters. The van der Waals surface area contributed by atoms with Crippen molar-refractivity contribution in [3.05, 3.63) is 0 Å². The van der Waals surface area contributed by atoms with Crippen LogP contribution >= 0.6 is 79.1 Å². The first-order valence-electron chi connectivity index (χ1n) is 19.3. The minimum atomic E-state index is -2.35. The van der Waals surface area contributed by atoms with Crippen LogP contribution in [-0.2, 0) is 0 Å². The molecule has 0 spiro atoms. The normalized spacial score (nSPS) is 12.0. The highest BCUT2D eigenvalue weighted by atomic mass is 80.0. The molecule has 0 N–H and O–H groups in total. The van der Waals surface area contributed by atoms with E-state index in [0.29, 0.717) is 0 Å². The van der Waals surface area contributed by atoms with Crippen LogP contribution in [0.25, 0.3) is 0 Å². The summed E-state index contributed by atoms with van der Waals surface area (Å²) in [7, 11) is 0. The van der Waals surface area contributed by atoms with Crippen molar-refractivity contribution in [1.82, 2.24) is 0 Å². The van der Waals surface area contributed by atoms with Gasteiger partial charge in [0.15, 0.2) is 0 Å². The smallest absolute Gasteiger partial charge is 0.126 e. The highest BCUT2D eigenvalue weighted by Crippen LogP contribution is 2.34. The summed E-state index contributed by atoms with van der Waals surface area (Å²) in [6, 6.07) is -0.235. The van der Waals surface area contributed by atoms with Crippen molar-refractivity contribution in [2.45, 2.75) is 231 Å². The van der Waals surface area contributed by atoms with Gasteiger partial charge in [-0.15, -0.1) is 33.2 Å². The minimum absolute atomic E-state index is 0.829. The molecule has 0 radical (unpaired) electrons. The lowest BCUT2D eigenvalue weighted by Gasteiger charge is -2.08. The number of unbranched alkanes of at least 4 members (excludes halogenated alkanes) is 30. The number of hydrogen-bond donors (Lipinski definition) is 0. The van der Waals surface area contributed by atoms with E-state index in [0.717, 1.165) is 12.5 Å². The van der Waals surface area contributed by atoms with Gasteiger partial charge in [0.1, 0.15) is 0 Å². The predicted octanol–water partition coefficient (Wildman–Crippen LogP) is 18.3. The molecule has 0 nitrogen and oxygen atoms in total. The van der Waals surface area contributed by atoms with Gasteiger partial charge >= 0.3 is 6.00 Å². The number of rotatable bonds is 34. The van der Waals surface area contributed by atoms with Gasteiger partial charge in [0.25, 0.3) is 3.93 Å². The topological polar surface area (TPSA) is 0 Å². The Morgan fingerprint density at radius 1 is 0.295 bits per heavy atom. The van der Waals surface area contributed by atoms with Gasteiger partial charge < -0.3 is 0 Å². The highest BCUT2D eigenvalue weighted by Gasteiger charge is 2.23. The fourth-order valence-electron chi connectivity index (χ4n) is 5.75. The Labute approximate surface area is 317 Å².